The van der Waals surface area contributed by atoms with E-state index < -0.39 is 5.97 Å². The third-order valence-electron chi connectivity index (χ3n) is 4.74. The lowest BCUT2D eigenvalue weighted by Gasteiger charge is -2.32. The van der Waals surface area contributed by atoms with Gasteiger partial charge < -0.3 is 14.7 Å². The Kier molecular flexibility index (Phi) is 6.11. The Balaban J connectivity index is 1.59. The summed E-state index contributed by atoms with van der Waals surface area (Å²) in [7, 11) is 0. The molecule has 2 aromatic rings. The molecule has 1 fully saturated rings. The standard InChI is InChI=1S/C20H25N3O4/c1-2-27-17-7-5-15(6-8-17)12-19(24)22-10-3-4-16(13-22)18-9-11-23(21-18)14-20(25)26/h5-9,11,16H,2-4,10,12-14H2,1H3,(H,25,26)/t16-/m0/s1. The molecule has 0 radical (unpaired) electrons. The van der Waals surface area contributed by atoms with Crippen molar-refractivity contribution in [2.24, 2.45) is 0 Å². The number of hydrogen-bond donors (Lipinski definition) is 1. The SMILES string of the molecule is CCOc1ccc(CC(=O)N2CCC[C@H](c3ccn(CC(=O)O)n3)C2)cc1. The number of hydrogen-bond acceptors (Lipinski definition) is 4. The smallest absolute Gasteiger partial charge is 0.325 e. The molecule has 1 aliphatic heterocycles. The number of aromatic nitrogens is 2. The second kappa shape index (κ2) is 8.70. The average molecular weight is 371 g/mol. The highest BCUT2D eigenvalue weighted by Gasteiger charge is 2.26. The number of aliphatic carboxylic acids is 1. The first-order chi connectivity index (χ1) is 13.0. The Bertz CT molecular complexity index is 785. The van der Waals surface area contributed by atoms with Gasteiger partial charge in [-0.2, -0.15) is 5.10 Å². The molecule has 0 saturated carbocycles. The van der Waals surface area contributed by atoms with Crippen molar-refractivity contribution in [1.29, 1.82) is 0 Å². The van der Waals surface area contributed by atoms with E-state index >= 15 is 0 Å². The van der Waals surface area contributed by atoms with E-state index in [1.54, 1.807) is 6.20 Å². The van der Waals surface area contributed by atoms with Crippen LogP contribution in [0.3, 0.4) is 0 Å². The molecule has 7 nitrogen and oxygen atoms in total. The Hall–Kier alpha value is -2.83. The van der Waals surface area contributed by atoms with Crippen LogP contribution in [0.1, 0.15) is 36.9 Å². The summed E-state index contributed by atoms with van der Waals surface area (Å²) < 4.78 is 6.86. The van der Waals surface area contributed by atoms with E-state index in [1.165, 1.54) is 4.68 Å². The fourth-order valence-electron chi connectivity index (χ4n) is 3.42. The molecule has 144 valence electrons. The van der Waals surface area contributed by atoms with E-state index in [2.05, 4.69) is 5.10 Å². The largest absolute Gasteiger partial charge is 0.494 e. The number of ether oxygens (including phenoxy) is 1. The van der Waals surface area contributed by atoms with Crippen LogP contribution in [0.4, 0.5) is 0 Å². The lowest BCUT2D eigenvalue weighted by atomic mass is 9.94. The maximum absolute atomic E-state index is 12.7. The van der Waals surface area contributed by atoms with E-state index in [-0.39, 0.29) is 18.4 Å². The zero-order chi connectivity index (χ0) is 19.2. The molecule has 27 heavy (non-hydrogen) atoms. The lowest BCUT2D eigenvalue weighted by molar-refractivity contribution is -0.138. The zero-order valence-electron chi connectivity index (χ0n) is 15.5. The summed E-state index contributed by atoms with van der Waals surface area (Å²) in [5.74, 6) is 0.149. The van der Waals surface area contributed by atoms with Gasteiger partial charge in [0.15, 0.2) is 0 Å². The number of carbonyl (C=O) groups is 2. The van der Waals surface area contributed by atoms with Crippen molar-refractivity contribution in [2.45, 2.75) is 38.6 Å². The minimum absolute atomic E-state index is 0.105. The fourth-order valence-corrected chi connectivity index (χ4v) is 3.42. The molecular weight excluding hydrogens is 346 g/mol. The van der Waals surface area contributed by atoms with Gasteiger partial charge in [-0.3, -0.25) is 14.3 Å². The Labute approximate surface area is 158 Å². The van der Waals surface area contributed by atoms with Crippen LogP contribution in [0.2, 0.25) is 0 Å². The third kappa shape index (κ3) is 5.09. The van der Waals surface area contributed by atoms with Crippen molar-refractivity contribution in [3.63, 3.8) is 0 Å². The first kappa shape index (κ1) is 18.9. The van der Waals surface area contributed by atoms with Crippen molar-refractivity contribution in [2.75, 3.05) is 19.7 Å². The number of benzene rings is 1. The number of piperidine rings is 1. The molecule has 1 aromatic carbocycles. The quantitative estimate of drug-likeness (QED) is 0.807. The van der Waals surface area contributed by atoms with Crippen LogP contribution >= 0.6 is 0 Å². The summed E-state index contributed by atoms with van der Waals surface area (Å²) in [6, 6.07) is 9.49. The second-order valence-corrected chi connectivity index (χ2v) is 6.76. The molecule has 7 heteroatoms. The number of carboxylic acid groups (broad SMARTS) is 1. The van der Waals surface area contributed by atoms with Crippen LogP contribution in [0, 0.1) is 0 Å². The highest BCUT2D eigenvalue weighted by atomic mass is 16.5. The highest BCUT2D eigenvalue weighted by Crippen LogP contribution is 2.26. The minimum Gasteiger partial charge on any atom is -0.494 e. The normalized spacial score (nSPS) is 16.9. The van der Waals surface area contributed by atoms with Gasteiger partial charge in [0.1, 0.15) is 12.3 Å². The molecule has 2 heterocycles. The molecule has 1 saturated heterocycles. The van der Waals surface area contributed by atoms with Gasteiger partial charge in [0.05, 0.1) is 18.7 Å². The number of likely N-dealkylation sites (tertiary alicyclic amines) is 1. The number of nitrogens with zero attached hydrogens (tertiary/aromatic N) is 3. The molecule has 0 unspecified atom stereocenters. The Morgan fingerprint density at radius 2 is 2.04 bits per heavy atom. The van der Waals surface area contributed by atoms with Gasteiger partial charge >= 0.3 is 5.97 Å². The predicted molar refractivity (Wildman–Crippen MR) is 99.7 cm³/mol. The summed E-state index contributed by atoms with van der Waals surface area (Å²) in [6.45, 7) is 3.79. The van der Waals surface area contributed by atoms with E-state index in [1.807, 2.05) is 42.2 Å². The molecule has 1 aromatic heterocycles. The van der Waals surface area contributed by atoms with Crippen LogP contribution < -0.4 is 4.74 Å². The molecule has 3 rings (SSSR count). The minimum atomic E-state index is -0.916. The third-order valence-corrected chi connectivity index (χ3v) is 4.74. The molecule has 1 amide bonds. The molecule has 0 spiro atoms. The summed E-state index contributed by atoms with van der Waals surface area (Å²) in [5, 5.41) is 13.2. The van der Waals surface area contributed by atoms with Gasteiger partial charge in [-0.15, -0.1) is 0 Å². The summed E-state index contributed by atoms with van der Waals surface area (Å²) in [5.41, 5.74) is 1.83. The second-order valence-electron chi connectivity index (χ2n) is 6.76. The van der Waals surface area contributed by atoms with Crippen LogP contribution in [0.5, 0.6) is 5.75 Å². The van der Waals surface area contributed by atoms with E-state index in [0.29, 0.717) is 19.6 Å². The number of amides is 1. The van der Waals surface area contributed by atoms with Gasteiger partial charge in [0, 0.05) is 25.2 Å². The van der Waals surface area contributed by atoms with Crippen molar-refractivity contribution in [3.05, 3.63) is 47.8 Å². The van der Waals surface area contributed by atoms with E-state index in [4.69, 9.17) is 9.84 Å². The van der Waals surface area contributed by atoms with Crippen molar-refractivity contribution >= 4 is 11.9 Å². The first-order valence-electron chi connectivity index (χ1n) is 9.30. The molecule has 0 aliphatic carbocycles. The maximum atomic E-state index is 12.7. The summed E-state index contributed by atoms with van der Waals surface area (Å²) in [4.78, 5) is 25.4. The summed E-state index contributed by atoms with van der Waals surface area (Å²) >= 11 is 0. The number of carboxylic acids is 1. The predicted octanol–water partition coefficient (Wildman–Crippen LogP) is 2.32. The van der Waals surface area contributed by atoms with Crippen LogP contribution in [-0.2, 0) is 22.6 Å². The van der Waals surface area contributed by atoms with Gasteiger partial charge in [-0.1, -0.05) is 12.1 Å². The van der Waals surface area contributed by atoms with Gasteiger partial charge in [-0.25, -0.2) is 0 Å². The molecular formula is C20H25N3O4. The number of rotatable bonds is 7. The fraction of sp³-hybridized carbons (Fsp3) is 0.450. The molecule has 1 aliphatic rings. The topological polar surface area (TPSA) is 84.7 Å². The highest BCUT2D eigenvalue weighted by molar-refractivity contribution is 5.79. The molecule has 1 N–H and O–H groups in total. The molecule has 0 bridgehead atoms. The van der Waals surface area contributed by atoms with E-state index in [0.717, 1.165) is 36.4 Å². The van der Waals surface area contributed by atoms with Crippen molar-refractivity contribution < 1.29 is 19.4 Å². The monoisotopic (exact) mass is 371 g/mol. The van der Waals surface area contributed by atoms with Crippen LogP contribution in [0.15, 0.2) is 36.5 Å². The Morgan fingerprint density at radius 1 is 1.26 bits per heavy atom. The van der Waals surface area contributed by atoms with Crippen molar-refractivity contribution in [1.82, 2.24) is 14.7 Å². The van der Waals surface area contributed by atoms with Gasteiger partial charge in [-0.05, 0) is 43.5 Å². The summed E-state index contributed by atoms with van der Waals surface area (Å²) in [6.07, 6.45) is 3.93. The van der Waals surface area contributed by atoms with Gasteiger partial charge in [0.25, 0.3) is 0 Å². The number of carbonyl (C=O) groups excluding carboxylic acids is 1. The molecule has 1 atom stereocenters. The van der Waals surface area contributed by atoms with Crippen LogP contribution in [0.25, 0.3) is 0 Å². The van der Waals surface area contributed by atoms with Crippen LogP contribution in [-0.4, -0.2) is 51.4 Å². The van der Waals surface area contributed by atoms with Crippen molar-refractivity contribution in [3.8, 4) is 5.75 Å². The Morgan fingerprint density at radius 3 is 2.74 bits per heavy atom. The van der Waals surface area contributed by atoms with Gasteiger partial charge in [0.2, 0.25) is 5.91 Å². The lowest BCUT2D eigenvalue weighted by Crippen LogP contribution is -2.40. The maximum Gasteiger partial charge on any atom is 0.325 e. The average Bonchev–Trinajstić information content (AvgIpc) is 3.11. The first-order valence-corrected chi connectivity index (χ1v) is 9.30. The zero-order valence-corrected chi connectivity index (χ0v) is 15.5. The van der Waals surface area contributed by atoms with E-state index in [9.17, 15) is 9.59 Å².